The molecule has 98 valence electrons. The second kappa shape index (κ2) is 5.45. The maximum Gasteiger partial charge on any atom is 0.339 e. The van der Waals surface area contributed by atoms with Gasteiger partial charge in [-0.05, 0) is 49.2 Å². The molecule has 0 aromatic heterocycles. The number of benzene rings is 2. The summed E-state index contributed by atoms with van der Waals surface area (Å²) < 4.78 is 6.74. The van der Waals surface area contributed by atoms with E-state index in [1.165, 1.54) is 0 Å². The molecular formula is C15H13BrO3. The number of ether oxygens (including phenoxy) is 1. The maximum atomic E-state index is 11.2. The van der Waals surface area contributed by atoms with E-state index in [1.807, 2.05) is 38.1 Å². The maximum absolute atomic E-state index is 11.2. The first-order chi connectivity index (χ1) is 8.99. The SMILES string of the molecule is Cc1cc(Br)ccc1Oc1c(C)cccc1C(=O)O. The first kappa shape index (κ1) is 13.6. The fourth-order valence-electron chi connectivity index (χ4n) is 1.79. The molecule has 0 fully saturated rings. The van der Waals surface area contributed by atoms with Crippen LogP contribution >= 0.6 is 15.9 Å². The van der Waals surface area contributed by atoms with Gasteiger partial charge in [-0.2, -0.15) is 0 Å². The molecule has 3 nitrogen and oxygen atoms in total. The van der Waals surface area contributed by atoms with Crippen LogP contribution in [-0.4, -0.2) is 11.1 Å². The van der Waals surface area contributed by atoms with Gasteiger partial charge >= 0.3 is 5.97 Å². The largest absolute Gasteiger partial charge is 0.478 e. The number of carbonyl (C=O) groups is 1. The summed E-state index contributed by atoms with van der Waals surface area (Å²) in [5.74, 6) is 0.0499. The van der Waals surface area contributed by atoms with E-state index >= 15 is 0 Å². The van der Waals surface area contributed by atoms with Crippen LogP contribution in [-0.2, 0) is 0 Å². The lowest BCUT2D eigenvalue weighted by Crippen LogP contribution is -2.02. The Morgan fingerprint density at radius 1 is 1.16 bits per heavy atom. The molecule has 1 N–H and O–H groups in total. The Balaban J connectivity index is 2.46. The fourth-order valence-corrected chi connectivity index (χ4v) is 2.27. The van der Waals surface area contributed by atoms with Crippen molar-refractivity contribution in [3.05, 3.63) is 57.6 Å². The van der Waals surface area contributed by atoms with Crippen LogP contribution in [0.25, 0.3) is 0 Å². The van der Waals surface area contributed by atoms with Crippen molar-refractivity contribution in [3.63, 3.8) is 0 Å². The van der Waals surface area contributed by atoms with Crippen molar-refractivity contribution < 1.29 is 14.6 Å². The number of carboxylic acid groups (broad SMARTS) is 1. The lowest BCUT2D eigenvalue weighted by molar-refractivity contribution is 0.0694. The van der Waals surface area contributed by atoms with E-state index in [0.717, 1.165) is 15.6 Å². The van der Waals surface area contributed by atoms with Crippen molar-refractivity contribution >= 4 is 21.9 Å². The lowest BCUT2D eigenvalue weighted by Gasteiger charge is -2.13. The van der Waals surface area contributed by atoms with Crippen molar-refractivity contribution in [1.82, 2.24) is 0 Å². The highest BCUT2D eigenvalue weighted by atomic mass is 79.9. The number of hydrogen-bond acceptors (Lipinski definition) is 2. The second-order valence-electron chi connectivity index (χ2n) is 4.27. The molecule has 0 saturated heterocycles. The van der Waals surface area contributed by atoms with Crippen molar-refractivity contribution in [2.45, 2.75) is 13.8 Å². The molecule has 4 heteroatoms. The molecule has 0 aliphatic rings. The van der Waals surface area contributed by atoms with Crippen molar-refractivity contribution in [1.29, 1.82) is 0 Å². The Hall–Kier alpha value is -1.81. The molecule has 2 aromatic carbocycles. The van der Waals surface area contributed by atoms with Crippen LogP contribution in [0.1, 0.15) is 21.5 Å². The number of rotatable bonds is 3. The third-order valence-electron chi connectivity index (χ3n) is 2.79. The van der Waals surface area contributed by atoms with Crippen molar-refractivity contribution in [2.75, 3.05) is 0 Å². The molecule has 0 radical (unpaired) electrons. The number of para-hydroxylation sites is 1. The summed E-state index contributed by atoms with van der Waals surface area (Å²) in [6.45, 7) is 3.74. The summed E-state index contributed by atoms with van der Waals surface area (Å²) in [5, 5.41) is 9.19. The molecule has 0 atom stereocenters. The van der Waals surface area contributed by atoms with Crippen LogP contribution in [0, 0.1) is 13.8 Å². The Labute approximate surface area is 120 Å². The number of aryl methyl sites for hydroxylation is 2. The molecule has 0 unspecified atom stereocenters. The van der Waals surface area contributed by atoms with Crippen LogP contribution in [0.3, 0.4) is 0 Å². The molecule has 0 amide bonds. The molecule has 2 rings (SSSR count). The Bertz CT molecular complexity index is 635. The Morgan fingerprint density at radius 3 is 2.53 bits per heavy atom. The van der Waals surface area contributed by atoms with E-state index in [1.54, 1.807) is 12.1 Å². The molecule has 2 aromatic rings. The van der Waals surface area contributed by atoms with E-state index in [-0.39, 0.29) is 5.56 Å². The van der Waals surface area contributed by atoms with E-state index in [4.69, 9.17) is 4.74 Å². The molecule has 0 spiro atoms. The highest BCUT2D eigenvalue weighted by molar-refractivity contribution is 9.10. The zero-order chi connectivity index (χ0) is 14.0. The van der Waals surface area contributed by atoms with Gasteiger partial charge in [0.15, 0.2) is 0 Å². The minimum Gasteiger partial charge on any atom is -0.478 e. The standard InChI is InChI=1S/C15H13BrO3/c1-9-4-3-5-12(15(17)18)14(9)19-13-7-6-11(16)8-10(13)2/h3-8H,1-2H3,(H,17,18). The second-order valence-corrected chi connectivity index (χ2v) is 5.18. The van der Waals surface area contributed by atoms with Gasteiger partial charge < -0.3 is 9.84 Å². The van der Waals surface area contributed by atoms with Crippen LogP contribution in [0.5, 0.6) is 11.5 Å². The van der Waals surface area contributed by atoms with Crippen LogP contribution in [0.15, 0.2) is 40.9 Å². The minimum absolute atomic E-state index is 0.169. The van der Waals surface area contributed by atoms with Gasteiger partial charge in [-0.15, -0.1) is 0 Å². The smallest absolute Gasteiger partial charge is 0.339 e. The highest BCUT2D eigenvalue weighted by Crippen LogP contribution is 2.32. The van der Waals surface area contributed by atoms with Gasteiger partial charge in [-0.25, -0.2) is 4.79 Å². The molecule has 0 aliphatic heterocycles. The molecule has 0 aliphatic carbocycles. The number of carboxylic acids is 1. The molecule has 0 bridgehead atoms. The average Bonchev–Trinajstić information content (AvgIpc) is 2.34. The van der Waals surface area contributed by atoms with Crippen molar-refractivity contribution in [3.8, 4) is 11.5 Å². The summed E-state index contributed by atoms with van der Waals surface area (Å²) in [5.41, 5.74) is 1.90. The summed E-state index contributed by atoms with van der Waals surface area (Å²) in [6.07, 6.45) is 0. The third-order valence-corrected chi connectivity index (χ3v) is 3.28. The first-order valence-electron chi connectivity index (χ1n) is 5.76. The van der Waals surface area contributed by atoms with Gasteiger partial charge in [0.05, 0.1) is 0 Å². The van der Waals surface area contributed by atoms with E-state index < -0.39 is 5.97 Å². The lowest BCUT2D eigenvalue weighted by atomic mass is 10.1. The molecule has 19 heavy (non-hydrogen) atoms. The van der Waals surface area contributed by atoms with Gasteiger partial charge in [0, 0.05) is 4.47 Å². The van der Waals surface area contributed by atoms with Crippen LogP contribution in [0.2, 0.25) is 0 Å². The number of hydrogen-bond donors (Lipinski definition) is 1. The minimum atomic E-state index is -0.992. The predicted octanol–water partition coefficient (Wildman–Crippen LogP) is 4.56. The zero-order valence-corrected chi connectivity index (χ0v) is 12.2. The fraction of sp³-hybridized carbons (Fsp3) is 0.133. The monoisotopic (exact) mass is 320 g/mol. The number of halogens is 1. The van der Waals surface area contributed by atoms with Gasteiger partial charge in [-0.1, -0.05) is 28.1 Å². The molecular weight excluding hydrogens is 308 g/mol. The summed E-state index contributed by atoms with van der Waals surface area (Å²) >= 11 is 3.38. The Kier molecular flexibility index (Phi) is 3.90. The summed E-state index contributed by atoms with van der Waals surface area (Å²) in [6, 6.07) is 10.7. The summed E-state index contributed by atoms with van der Waals surface area (Å²) in [7, 11) is 0. The van der Waals surface area contributed by atoms with E-state index in [9.17, 15) is 9.90 Å². The topological polar surface area (TPSA) is 46.5 Å². The van der Waals surface area contributed by atoms with Gasteiger partial charge in [0.2, 0.25) is 0 Å². The summed E-state index contributed by atoms with van der Waals surface area (Å²) in [4.78, 5) is 11.2. The Morgan fingerprint density at radius 2 is 1.89 bits per heavy atom. The van der Waals surface area contributed by atoms with E-state index in [2.05, 4.69) is 15.9 Å². The zero-order valence-electron chi connectivity index (χ0n) is 10.6. The van der Waals surface area contributed by atoms with Crippen LogP contribution < -0.4 is 4.74 Å². The predicted molar refractivity (Wildman–Crippen MR) is 77.1 cm³/mol. The highest BCUT2D eigenvalue weighted by Gasteiger charge is 2.14. The van der Waals surface area contributed by atoms with E-state index in [0.29, 0.717) is 11.5 Å². The molecule has 0 heterocycles. The molecule has 0 saturated carbocycles. The van der Waals surface area contributed by atoms with Gasteiger partial charge in [-0.3, -0.25) is 0 Å². The van der Waals surface area contributed by atoms with Crippen LogP contribution in [0.4, 0.5) is 0 Å². The van der Waals surface area contributed by atoms with Crippen molar-refractivity contribution in [2.24, 2.45) is 0 Å². The third kappa shape index (κ3) is 2.96. The normalized spacial score (nSPS) is 10.3. The number of aromatic carboxylic acids is 1. The van der Waals surface area contributed by atoms with Gasteiger partial charge in [0.25, 0.3) is 0 Å². The average molecular weight is 321 g/mol. The quantitative estimate of drug-likeness (QED) is 0.902. The van der Waals surface area contributed by atoms with Gasteiger partial charge in [0.1, 0.15) is 17.1 Å². The first-order valence-corrected chi connectivity index (χ1v) is 6.55.